The molecule has 0 bridgehead atoms. The van der Waals surface area contributed by atoms with Crippen LogP contribution in [0, 0.1) is 5.41 Å². The Bertz CT molecular complexity index is 236. The Morgan fingerprint density at radius 1 is 1.30 bits per heavy atom. The fraction of sp³-hybridized carbons (Fsp3) is 0.375. The lowest BCUT2D eigenvalue weighted by Crippen LogP contribution is -2.08. The molecule has 0 aromatic heterocycles. The molecule has 2 rings (SSSR count). The molecule has 0 atom stereocenters. The molecular weight excluding hydrogens is 124 g/mol. The third-order valence-corrected chi connectivity index (χ3v) is 2.00. The van der Waals surface area contributed by atoms with E-state index in [0.717, 1.165) is 25.2 Å². The highest BCUT2D eigenvalue weighted by atomic mass is 14.9. The highest BCUT2D eigenvalue weighted by Gasteiger charge is 2.15. The minimum atomic E-state index is 0.738. The highest BCUT2D eigenvalue weighted by Crippen LogP contribution is 2.19. The average Bonchev–Trinajstić information content (AvgIpc) is 2.33. The predicted molar refractivity (Wildman–Crippen MR) is 41.4 cm³/mol. The maximum atomic E-state index is 7.39. The van der Waals surface area contributed by atoms with Gasteiger partial charge in [-0.2, -0.15) is 0 Å². The number of hydrogen-bond donors (Lipinski definition) is 2. The lowest BCUT2D eigenvalue weighted by molar-refractivity contribution is 0.864. The van der Waals surface area contributed by atoms with Crippen molar-refractivity contribution in [1.82, 2.24) is 5.32 Å². The molecular formula is C8H10N2. The van der Waals surface area contributed by atoms with Crippen LogP contribution in [0.4, 0.5) is 0 Å². The second-order valence-electron chi connectivity index (χ2n) is 2.77. The zero-order chi connectivity index (χ0) is 6.97. The molecule has 0 aromatic rings. The molecule has 0 spiro atoms. The van der Waals surface area contributed by atoms with Crippen LogP contribution in [-0.2, 0) is 0 Å². The molecule has 0 unspecified atom stereocenters. The van der Waals surface area contributed by atoms with Crippen molar-refractivity contribution in [2.45, 2.75) is 6.42 Å². The fourth-order valence-corrected chi connectivity index (χ4v) is 1.43. The zero-order valence-corrected chi connectivity index (χ0v) is 5.78. The van der Waals surface area contributed by atoms with Crippen LogP contribution in [0.3, 0.4) is 0 Å². The number of allylic oxidation sites excluding steroid dienone is 1. The second-order valence-corrected chi connectivity index (χ2v) is 2.77. The topological polar surface area (TPSA) is 35.9 Å². The van der Waals surface area contributed by atoms with E-state index in [4.69, 9.17) is 5.41 Å². The van der Waals surface area contributed by atoms with Gasteiger partial charge >= 0.3 is 0 Å². The van der Waals surface area contributed by atoms with Crippen LogP contribution >= 0.6 is 0 Å². The van der Waals surface area contributed by atoms with Gasteiger partial charge in [0.15, 0.2) is 0 Å². The van der Waals surface area contributed by atoms with E-state index in [0.29, 0.717) is 0 Å². The van der Waals surface area contributed by atoms with E-state index in [1.165, 1.54) is 11.1 Å². The monoisotopic (exact) mass is 134 g/mol. The van der Waals surface area contributed by atoms with Gasteiger partial charge < -0.3 is 10.7 Å². The quantitative estimate of drug-likeness (QED) is 0.506. The minimum Gasteiger partial charge on any atom is -0.309 e. The van der Waals surface area contributed by atoms with E-state index >= 15 is 0 Å². The second kappa shape index (κ2) is 2.06. The summed E-state index contributed by atoms with van der Waals surface area (Å²) in [5.74, 6) is 0. The van der Waals surface area contributed by atoms with Gasteiger partial charge in [-0.25, -0.2) is 0 Å². The molecule has 52 valence electrons. The lowest BCUT2D eigenvalue weighted by atomic mass is 9.99. The lowest BCUT2D eigenvalue weighted by Gasteiger charge is -2.06. The van der Waals surface area contributed by atoms with Gasteiger partial charge in [-0.15, -0.1) is 0 Å². The summed E-state index contributed by atoms with van der Waals surface area (Å²) in [6, 6.07) is 0. The third-order valence-electron chi connectivity index (χ3n) is 2.00. The first kappa shape index (κ1) is 5.86. The van der Waals surface area contributed by atoms with Gasteiger partial charge in [-0.3, -0.25) is 0 Å². The molecule has 1 heterocycles. The molecule has 2 aliphatic rings. The normalized spacial score (nSPS) is 23.8. The Labute approximate surface area is 60.1 Å². The molecule has 0 aromatic carbocycles. The summed E-state index contributed by atoms with van der Waals surface area (Å²) in [6.07, 6.45) is 4.81. The maximum absolute atomic E-state index is 7.39. The van der Waals surface area contributed by atoms with Gasteiger partial charge in [-0.1, -0.05) is 6.08 Å². The fourth-order valence-electron chi connectivity index (χ4n) is 1.43. The van der Waals surface area contributed by atoms with E-state index in [2.05, 4.69) is 11.4 Å². The van der Waals surface area contributed by atoms with Crippen LogP contribution in [0.25, 0.3) is 0 Å². The van der Waals surface area contributed by atoms with Gasteiger partial charge in [0.05, 0.1) is 0 Å². The first-order valence-electron chi connectivity index (χ1n) is 3.53. The van der Waals surface area contributed by atoms with Crippen LogP contribution < -0.4 is 5.32 Å². The number of hydrogen-bond acceptors (Lipinski definition) is 2. The molecule has 0 radical (unpaired) electrons. The summed E-state index contributed by atoms with van der Waals surface area (Å²) >= 11 is 0. The molecule has 0 amide bonds. The van der Waals surface area contributed by atoms with E-state index in [9.17, 15) is 0 Å². The Morgan fingerprint density at radius 3 is 3.10 bits per heavy atom. The van der Waals surface area contributed by atoms with Gasteiger partial charge in [0.25, 0.3) is 0 Å². The van der Waals surface area contributed by atoms with E-state index in [-0.39, 0.29) is 0 Å². The molecule has 2 N–H and O–H groups in total. The standard InChI is InChI=1S/C8H10N2/c9-8-2-1-6-4-10-5-7(6)3-8/h1-2,9-10H,3-5H2. The first-order valence-corrected chi connectivity index (χ1v) is 3.53. The number of rotatable bonds is 0. The average molecular weight is 134 g/mol. The zero-order valence-electron chi connectivity index (χ0n) is 5.78. The van der Waals surface area contributed by atoms with Crippen LogP contribution in [0.15, 0.2) is 23.3 Å². The Kier molecular flexibility index (Phi) is 1.21. The molecule has 1 aliphatic heterocycles. The van der Waals surface area contributed by atoms with Crippen molar-refractivity contribution in [2.75, 3.05) is 13.1 Å². The smallest absolute Gasteiger partial charge is 0.0355 e. The summed E-state index contributed by atoms with van der Waals surface area (Å²) in [5, 5.41) is 10.7. The van der Waals surface area contributed by atoms with Crippen molar-refractivity contribution in [3.05, 3.63) is 23.3 Å². The Balaban J connectivity index is 2.30. The van der Waals surface area contributed by atoms with Crippen molar-refractivity contribution in [2.24, 2.45) is 0 Å². The van der Waals surface area contributed by atoms with Gasteiger partial charge in [0.1, 0.15) is 0 Å². The van der Waals surface area contributed by atoms with Crippen molar-refractivity contribution < 1.29 is 0 Å². The van der Waals surface area contributed by atoms with E-state index in [1.807, 2.05) is 6.08 Å². The molecule has 10 heavy (non-hydrogen) atoms. The van der Waals surface area contributed by atoms with Crippen molar-refractivity contribution >= 4 is 5.71 Å². The van der Waals surface area contributed by atoms with Crippen LogP contribution in [-0.4, -0.2) is 18.8 Å². The molecule has 0 saturated carbocycles. The Morgan fingerprint density at radius 2 is 2.20 bits per heavy atom. The summed E-state index contributed by atoms with van der Waals surface area (Å²) in [4.78, 5) is 0. The third kappa shape index (κ3) is 0.809. The maximum Gasteiger partial charge on any atom is 0.0355 e. The Hall–Kier alpha value is -0.890. The van der Waals surface area contributed by atoms with Crippen molar-refractivity contribution in [1.29, 1.82) is 5.41 Å². The summed E-state index contributed by atoms with van der Waals surface area (Å²) in [6.45, 7) is 1.99. The SMILES string of the molecule is N=C1C=CC2=C(CNC2)C1. The highest BCUT2D eigenvalue weighted by molar-refractivity contribution is 5.96. The first-order chi connectivity index (χ1) is 4.86. The summed E-state index contributed by atoms with van der Waals surface area (Å²) in [7, 11) is 0. The molecule has 0 saturated heterocycles. The largest absolute Gasteiger partial charge is 0.309 e. The van der Waals surface area contributed by atoms with Gasteiger partial charge in [0.2, 0.25) is 0 Å². The van der Waals surface area contributed by atoms with Crippen molar-refractivity contribution in [3.63, 3.8) is 0 Å². The molecule has 2 nitrogen and oxygen atoms in total. The van der Waals surface area contributed by atoms with Gasteiger partial charge in [0, 0.05) is 25.2 Å². The predicted octanol–water partition coefficient (Wildman–Crippen LogP) is 0.866. The van der Waals surface area contributed by atoms with E-state index in [1.54, 1.807) is 0 Å². The number of nitrogens with one attached hydrogen (secondary N) is 2. The van der Waals surface area contributed by atoms with Crippen LogP contribution in [0.5, 0.6) is 0 Å². The molecule has 1 aliphatic carbocycles. The molecule has 0 fully saturated rings. The molecule has 2 heteroatoms. The summed E-state index contributed by atoms with van der Waals surface area (Å²) in [5.41, 5.74) is 3.55. The van der Waals surface area contributed by atoms with Crippen LogP contribution in [0.2, 0.25) is 0 Å². The minimum absolute atomic E-state index is 0.738. The van der Waals surface area contributed by atoms with E-state index < -0.39 is 0 Å². The van der Waals surface area contributed by atoms with Gasteiger partial charge in [-0.05, 0) is 17.2 Å². The van der Waals surface area contributed by atoms with Crippen LogP contribution in [0.1, 0.15) is 6.42 Å². The van der Waals surface area contributed by atoms with Crippen molar-refractivity contribution in [3.8, 4) is 0 Å². The summed E-state index contributed by atoms with van der Waals surface area (Å²) < 4.78 is 0.